The van der Waals surface area contributed by atoms with E-state index < -0.39 is 23.5 Å². The lowest BCUT2D eigenvalue weighted by Crippen LogP contribution is -2.59. The summed E-state index contributed by atoms with van der Waals surface area (Å²) in [5.74, 6) is -1.40. The zero-order valence-electron chi connectivity index (χ0n) is 22.7. The number of hydrogen-bond acceptors (Lipinski definition) is 4. The largest absolute Gasteiger partial charge is 0.351 e. The highest BCUT2D eigenvalue weighted by Gasteiger charge is 2.53. The first-order chi connectivity index (χ1) is 18.0. The Morgan fingerprint density at radius 1 is 1.11 bits per heavy atom. The molecule has 1 aromatic carbocycles. The first kappa shape index (κ1) is 28.1. The number of amides is 3. The van der Waals surface area contributed by atoms with Crippen molar-refractivity contribution < 1.29 is 19.2 Å². The highest BCUT2D eigenvalue weighted by molar-refractivity contribution is 6.28. The third-order valence-electron chi connectivity index (χ3n) is 8.71. The molecule has 2 fully saturated rings. The summed E-state index contributed by atoms with van der Waals surface area (Å²) >= 11 is 5.69. The van der Waals surface area contributed by atoms with Gasteiger partial charge in [0, 0.05) is 17.4 Å². The van der Waals surface area contributed by atoms with Crippen LogP contribution < -0.4 is 10.6 Å². The number of aromatic amines is 1. The second kappa shape index (κ2) is 11.5. The summed E-state index contributed by atoms with van der Waals surface area (Å²) in [6.45, 7) is 7.97. The van der Waals surface area contributed by atoms with Gasteiger partial charge in [-0.05, 0) is 49.1 Å². The average Bonchev–Trinajstić information content (AvgIpc) is 3.44. The number of para-hydroxylation sites is 1. The van der Waals surface area contributed by atoms with E-state index in [-0.39, 0.29) is 41.2 Å². The van der Waals surface area contributed by atoms with E-state index in [1.807, 2.05) is 45.0 Å². The molecule has 8 nitrogen and oxygen atoms in total. The lowest BCUT2D eigenvalue weighted by Gasteiger charge is -2.37. The molecule has 2 aliphatic rings. The van der Waals surface area contributed by atoms with E-state index in [4.69, 9.17) is 11.6 Å². The van der Waals surface area contributed by atoms with Crippen LogP contribution in [0.15, 0.2) is 30.3 Å². The lowest BCUT2D eigenvalue weighted by atomic mass is 9.77. The molecule has 4 atom stereocenters. The zero-order chi connectivity index (χ0) is 27.6. The minimum atomic E-state index is -0.772. The molecule has 0 bridgehead atoms. The van der Waals surface area contributed by atoms with E-state index in [9.17, 15) is 19.2 Å². The van der Waals surface area contributed by atoms with Gasteiger partial charge in [-0.2, -0.15) is 0 Å². The zero-order valence-corrected chi connectivity index (χ0v) is 23.4. The van der Waals surface area contributed by atoms with Gasteiger partial charge < -0.3 is 20.5 Å². The molecule has 1 aliphatic carbocycles. The third kappa shape index (κ3) is 5.60. The number of ketones is 1. The maximum absolute atomic E-state index is 14.2. The lowest BCUT2D eigenvalue weighted by molar-refractivity contribution is -0.143. The number of likely N-dealkylation sites (tertiary alicyclic amines) is 1. The number of alkyl halides is 1. The quantitative estimate of drug-likeness (QED) is 0.437. The van der Waals surface area contributed by atoms with E-state index in [0.717, 1.165) is 43.0 Å². The van der Waals surface area contributed by atoms with Crippen LogP contribution in [0.2, 0.25) is 0 Å². The van der Waals surface area contributed by atoms with Crippen LogP contribution in [0.5, 0.6) is 0 Å². The number of rotatable bonds is 8. The van der Waals surface area contributed by atoms with Gasteiger partial charge in [-0.1, -0.05) is 58.2 Å². The van der Waals surface area contributed by atoms with Crippen molar-refractivity contribution in [3.63, 3.8) is 0 Å². The third-order valence-corrected chi connectivity index (χ3v) is 8.97. The fourth-order valence-electron chi connectivity index (χ4n) is 5.93. The molecular weight excluding hydrogens is 504 g/mol. The average molecular weight is 543 g/mol. The van der Waals surface area contributed by atoms with Crippen molar-refractivity contribution in [3.8, 4) is 0 Å². The molecule has 4 rings (SSSR count). The van der Waals surface area contributed by atoms with Crippen LogP contribution in [0.1, 0.15) is 70.3 Å². The Labute approximate surface area is 229 Å². The standard InChI is InChI=1S/C29H39ClN4O4/c1-17-16-34(25(29(17,3)4)27(37)31-18(2)23(35)15-30)28(38)24(19-10-6-5-7-11-19)33-26(36)22-14-20-12-8-9-13-21(20)32-22/h8-9,12-14,17-19,24-25,32H,5-7,10-11,15-16H2,1-4H3,(H,31,37)(H,33,36)/t17-,18?,24?,25-/m1/s1. The summed E-state index contributed by atoms with van der Waals surface area (Å²) < 4.78 is 0. The molecule has 1 aromatic heterocycles. The molecule has 3 N–H and O–H groups in total. The van der Waals surface area contributed by atoms with E-state index in [1.165, 1.54) is 0 Å². The normalized spacial score (nSPS) is 23.1. The highest BCUT2D eigenvalue weighted by Crippen LogP contribution is 2.42. The van der Waals surface area contributed by atoms with Crippen molar-refractivity contribution in [1.82, 2.24) is 20.5 Å². The Bertz CT molecular complexity index is 1170. The van der Waals surface area contributed by atoms with Crippen LogP contribution in [0.3, 0.4) is 0 Å². The van der Waals surface area contributed by atoms with Gasteiger partial charge in [-0.25, -0.2) is 0 Å². The predicted molar refractivity (Wildman–Crippen MR) is 148 cm³/mol. The molecule has 0 radical (unpaired) electrons. The van der Waals surface area contributed by atoms with Crippen LogP contribution in [0.4, 0.5) is 0 Å². The van der Waals surface area contributed by atoms with Gasteiger partial charge in [0.2, 0.25) is 11.8 Å². The molecule has 206 valence electrons. The summed E-state index contributed by atoms with van der Waals surface area (Å²) in [6.07, 6.45) is 4.79. The number of benzene rings is 1. The van der Waals surface area contributed by atoms with E-state index in [2.05, 4.69) is 15.6 Å². The SMILES string of the molecule is CC(NC(=O)[C@H]1N(C(=O)C(NC(=O)c2cc3ccccc3[nH]2)C2CCCCC2)C[C@@H](C)C1(C)C)C(=O)CCl. The van der Waals surface area contributed by atoms with E-state index in [0.29, 0.717) is 12.2 Å². The molecule has 1 saturated heterocycles. The summed E-state index contributed by atoms with van der Waals surface area (Å²) in [5.41, 5.74) is 0.727. The number of H-pyrrole nitrogens is 1. The van der Waals surface area contributed by atoms with Gasteiger partial charge in [-0.3, -0.25) is 19.2 Å². The molecule has 0 spiro atoms. The molecule has 1 aliphatic heterocycles. The second-order valence-corrected chi connectivity index (χ2v) is 11.8. The van der Waals surface area contributed by atoms with Crippen molar-refractivity contribution in [2.75, 3.05) is 12.4 Å². The minimum absolute atomic E-state index is 0.0101. The maximum atomic E-state index is 14.2. The number of Topliss-reactive ketones (excluding diaryl/α,β-unsaturated/α-hetero) is 1. The fraction of sp³-hybridized carbons (Fsp3) is 0.586. The fourth-order valence-corrected chi connectivity index (χ4v) is 6.17. The van der Waals surface area contributed by atoms with Crippen LogP contribution >= 0.6 is 11.6 Å². The summed E-state index contributed by atoms with van der Waals surface area (Å²) in [4.78, 5) is 58.0. The van der Waals surface area contributed by atoms with Crippen molar-refractivity contribution in [1.29, 1.82) is 0 Å². The number of carbonyl (C=O) groups excluding carboxylic acids is 4. The van der Waals surface area contributed by atoms with Gasteiger partial charge >= 0.3 is 0 Å². The topological polar surface area (TPSA) is 111 Å². The molecule has 1 saturated carbocycles. The Kier molecular flexibility index (Phi) is 8.50. The predicted octanol–water partition coefficient (Wildman–Crippen LogP) is 4.03. The van der Waals surface area contributed by atoms with E-state index >= 15 is 0 Å². The summed E-state index contributed by atoms with van der Waals surface area (Å²) in [7, 11) is 0. The Hall–Kier alpha value is -2.87. The van der Waals surface area contributed by atoms with Gasteiger partial charge in [0.25, 0.3) is 5.91 Å². The molecule has 3 amide bonds. The number of nitrogens with zero attached hydrogens (tertiary/aromatic N) is 1. The molecular formula is C29H39ClN4O4. The Morgan fingerprint density at radius 2 is 1.79 bits per heavy atom. The highest BCUT2D eigenvalue weighted by atomic mass is 35.5. The number of nitrogens with one attached hydrogen (secondary N) is 3. The van der Waals surface area contributed by atoms with Crippen molar-refractivity contribution in [3.05, 3.63) is 36.0 Å². The number of fused-ring (bicyclic) bond motifs is 1. The number of aromatic nitrogens is 1. The molecule has 2 heterocycles. The number of carbonyl (C=O) groups is 4. The van der Waals surface area contributed by atoms with Gasteiger partial charge in [-0.15, -0.1) is 11.6 Å². The van der Waals surface area contributed by atoms with E-state index in [1.54, 1.807) is 17.9 Å². The number of halogens is 1. The molecule has 38 heavy (non-hydrogen) atoms. The molecule has 2 unspecified atom stereocenters. The van der Waals surface area contributed by atoms with Crippen LogP contribution in [-0.4, -0.2) is 63.9 Å². The van der Waals surface area contributed by atoms with Crippen molar-refractivity contribution >= 4 is 46.0 Å². The monoisotopic (exact) mass is 542 g/mol. The smallest absolute Gasteiger partial charge is 0.268 e. The summed E-state index contributed by atoms with van der Waals surface area (Å²) in [6, 6.07) is 7.17. The number of hydrogen-bond donors (Lipinski definition) is 3. The Balaban J connectivity index is 1.61. The van der Waals surface area contributed by atoms with Crippen molar-refractivity contribution in [2.24, 2.45) is 17.3 Å². The summed E-state index contributed by atoms with van der Waals surface area (Å²) in [5, 5.41) is 6.74. The maximum Gasteiger partial charge on any atom is 0.268 e. The van der Waals surface area contributed by atoms with Gasteiger partial charge in [0.15, 0.2) is 5.78 Å². The van der Waals surface area contributed by atoms with Crippen LogP contribution in [-0.2, 0) is 14.4 Å². The molecule has 9 heteroatoms. The first-order valence-corrected chi connectivity index (χ1v) is 14.2. The van der Waals surface area contributed by atoms with Gasteiger partial charge in [0.05, 0.1) is 11.9 Å². The van der Waals surface area contributed by atoms with Crippen LogP contribution in [0, 0.1) is 17.3 Å². The first-order valence-electron chi connectivity index (χ1n) is 13.6. The minimum Gasteiger partial charge on any atom is -0.351 e. The van der Waals surface area contributed by atoms with Crippen molar-refractivity contribution in [2.45, 2.75) is 77.9 Å². The Morgan fingerprint density at radius 3 is 2.45 bits per heavy atom. The second-order valence-electron chi connectivity index (χ2n) is 11.6. The van der Waals surface area contributed by atoms with Crippen LogP contribution in [0.25, 0.3) is 10.9 Å². The van der Waals surface area contributed by atoms with Gasteiger partial charge in [0.1, 0.15) is 17.8 Å². The molecule has 2 aromatic rings.